The van der Waals surface area contributed by atoms with Crippen LogP contribution >= 0.6 is 0 Å². The zero-order valence-corrected chi connectivity index (χ0v) is 19.2. The number of carbonyl (C=O) groups is 2. The van der Waals surface area contributed by atoms with Crippen molar-refractivity contribution in [2.45, 2.75) is 46.0 Å². The van der Waals surface area contributed by atoms with Crippen LogP contribution in [0.25, 0.3) is 6.08 Å². The van der Waals surface area contributed by atoms with Crippen LogP contribution in [0.4, 0.5) is 5.69 Å². The standard InChI is InChI=1S/C28H33NO2/c1-27-13-11-22(30)17-20(27)7-10-23-24(27)12-14-28(2)25(23)16-19(26(28)31)15-18-5-8-21(9-6-18)29(3)4/h5-6,8-9,11,13,15,17,23-25H,7,10,12,14,16H2,1-4H3/t23-,24+,25+,27+,28+/m1/s1. The van der Waals surface area contributed by atoms with Gasteiger partial charge in [-0.05, 0) is 91.4 Å². The molecule has 31 heavy (non-hydrogen) atoms. The van der Waals surface area contributed by atoms with Crippen molar-refractivity contribution in [2.75, 3.05) is 19.0 Å². The number of Topliss-reactive ketones (excluding diaryl/α,β-unsaturated/α-hetero) is 1. The van der Waals surface area contributed by atoms with Crippen LogP contribution in [0.3, 0.4) is 0 Å². The Hall–Kier alpha value is -2.42. The Morgan fingerprint density at radius 2 is 1.77 bits per heavy atom. The predicted octanol–water partition coefficient (Wildman–Crippen LogP) is 5.62. The van der Waals surface area contributed by atoms with E-state index in [1.165, 1.54) is 11.3 Å². The fourth-order valence-corrected chi connectivity index (χ4v) is 7.07. The average Bonchev–Trinajstić information content (AvgIpc) is 2.99. The van der Waals surface area contributed by atoms with Crippen LogP contribution in [-0.4, -0.2) is 25.7 Å². The van der Waals surface area contributed by atoms with Crippen LogP contribution in [0.1, 0.15) is 51.5 Å². The molecule has 3 nitrogen and oxygen atoms in total. The first-order chi connectivity index (χ1) is 14.7. The number of benzene rings is 1. The van der Waals surface area contributed by atoms with Gasteiger partial charge >= 0.3 is 0 Å². The van der Waals surface area contributed by atoms with Crippen molar-refractivity contribution in [2.24, 2.45) is 28.6 Å². The predicted molar refractivity (Wildman–Crippen MR) is 126 cm³/mol. The van der Waals surface area contributed by atoms with Gasteiger partial charge in [0, 0.05) is 30.6 Å². The molecule has 0 bridgehead atoms. The maximum atomic E-state index is 13.6. The summed E-state index contributed by atoms with van der Waals surface area (Å²) in [6.45, 7) is 4.54. The highest BCUT2D eigenvalue weighted by Crippen LogP contribution is 2.64. The monoisotopic (exact) mass is 415 g/mol. The van der Waals surface area contributed by atoms with Gasteiger partial charge in [-0.2, -0.15) is 0 Å². The van der Waals surface area contributed by atoms with E-state index in [0.717, 1.165) is 43.2 Å². The number of anilines is 1. The van der Waals surface area contributed by atoms with Gasteiger partial charge in [-0.15, -0.1) is 0 Å². The van der Waals surface area contributed by atoms with Crippen molar-refractivity contribution in [3.63, 3.8) is 0 Å². The highest BCUT2D eigenvalue weighted by atomic mass is 16.1. The van der Waals surface area contributed by atoms with Crippen LogP contribution in [-0.2, 0) is 9.59 Å². The van der Waals surface area contributed by atoms with E-state index in [0.29, 0.717) is 23.5 Å². The molecule has 5 atom stereocenters. The number of nitrogens with zero attached hydrogens (tertiary/aromatic N) is 1. The molecule has 3 heteroatoms. The van der Waals surface area contributed by atoms with Crippen LogP contribution in [0.2, 0.25) is 0 Å². The Morgan fingerprint density at radius 1 is 1.03 bits per heavy atom. The molecule has 0 spiro atoms. The Balaban J connectivity index is 1.45. The molecule has 4 aliphatic rings. The lowest BCUT2D eigenvalue weighted by atomic mass is 9.48. The Morgan fingerprint density at radius 3 is 2.48 bits per heavy atom. The molecule has 0 amide bonds. The summed E-state index contributed by atoms with van der Waals surface area (Å²) in [6.07, 6.45) is 13.0. The third-order valence-electron chi connectivity index (χ3n) is 8.95. The summed E-state index contributed by atoms with van der Waals surface area (Å²) in [7, 11) is 4.08. The molecular weight excluding hydrogens is 382 g/mol. The van der Waals surface area contributed by atoms with Gasteiger partial charge in [-0.25, -0.2) is 0 Å². The first kappa shape index (κ1) is 20.5. The summed E-state index contributed by atoms with van der Waals surface area (Å²) in [6, 6.07) is 8.46. The van der Waals surface area contributed by atoms with Gasteiger partial charge in [0.15, 0.2) is 11.6 Å². The van der Waals surface area contributed by atoms with Crippen LogP contribution in [0.5, 0.6) is 0 Å². The Labute approximate surface area is 185 Å². The van der Waals surface area contributed by atoms with Crippen molar-refractivity contribution in [1.29, 1.82) is 0 Å². The van der Waals surface area contributed by atoms with Gasteiger partial charge < -0.3 is 4.90 Å². The second kappa shape index (κ2) is 7.05. The van der Waals surface area contributed by atoms with Gasteiger partial charge in [0.05, 0.1) is 0 Å². The number of hydrogen-bond donors (Lipinski definition) is 0. The lowest BCUT2D eigenvalue weighted by molar-refractivity contribution is -0.129. The Bertz CT molecular complexity index is 1030. The van der Waals surface area contributed by atoms with Crippen molar-refractivity contribution < 1.29 is 9.59 Å². The van der Waals surface area contributed by atoms with E-state index < -0.39 is 0 Å². The van der Waals surface area contributed by atoms with E-state index in [4.69, 9.17) is 0 Å². The molecule has 3 saturated carbocycles. The number of allylic oxidation sites excluding steroid dienone is 5. The molecule has 0 radical (unpaired) electrons. The first-order valence-corrected chi connectivity index (χ1v) is 11.7. The van der Waals surface area contributed by atoms with Gasteiger partial charge in [0.1, 0.15) is 0 Å². The molecular formula is C28H33NO2. The van der Waals surface area contributed by atoms with Crippen molar-refractivity contribution in [3.8, 4) is 0 Å². The van der Waals surface area contributed by atoms with Crippen molar-refractivity contribution in [1.82, 2.24) is 0 Å². The van der Waals surface area contributed by atoms with Crippen molar-refractivity contribution in [3.05, 3.63) is 59.2 Å². The average molecular weight is 416 g/mol. The van der Waals surface area contributed by atoms with E-state index in [1.807, 2.05) is 20.2 Å². The quantitative estimate of drug-likeness (QED) is 0.588. The lowest BCUT2D eigenvalue weighted by Crippen LogP contribution is -2.49. The molecule has 0 heterocycles. The minimum Gasteiger partial charge on any atom is -0.378 e. The van der Waals surface area contributed by atoms with Crippen LogP contribution < -0.4 is 4.90 Å². The van der Waals surface area contributed by atoms with E-state index in [2.05, 4.69) is 55.2 Å². The largest absolute Gasteiger partial charge is 0.378 e. The van der Waals surface area contributed by atoms with Crippen LogP contribution in [0, 0.1) is 28.6 Å². The fourth-order valence-electron chi connectivity index (χ4n) is 7.07. The van der Waals surface area contributed by atoms with E-state index in [-0.39, 0.29) is 16.6 Å². The lowest BCUT2D eigenvalue weighted by Gasteiger charge is -2.55. The number of fused-ring (bicyclic) bond motifs is 5. The van der Waals surface area contributed by atoms with Crippen LogP contribution in [0.15, 0.2) is 53.6 Å². The molecule has 1 aromatic carbocycles. The minimum atomic E-state index is -0.234. The summed E-state index contributed by atoms with van der Waals surface area (Å²) in [4.78, 5) is 27.6. The van der Waals surface area contributed by atoms with Gasteiger partial charge in [-0.3, -0.25) is 9.59 Å². The molecule has 0 N–H and O–H groups in total. The first-order valence-electron chi connectivity index (χ1n) is 11.7. The van der Waals surface area contributed by atoms with E-state index in [1.54, 1.807) is 6.08 Å². The molecule has 1 aromatic rings. The highest BCUT2D eigenvalue weighted by Gasteiger charge is 2.59. The normalized spacial score (nSPS) is 37.9. The second-order valence-electron chi connectivity index (χ2n) is 10.7. The maximum Gasteiger partial charge on any atom is 0.178 e. The molecule has 162 valence electrons. The summed E-state index contributed by atoms with van der Waals surface area (Å²) in [5.74, 6) is 1.99. The molecule has 0 unspecified atom stereocenters. The van der Waals surface area contributed by atoms with Gasteiger partial charge in [0.25, 0.3) is 0 Å². The summed E-state index contributed by atoms with van der Waals surface area (Å²) in [5.41, 5.74) is 4.35. The molecule has 0 aliphatic heterocycles. The molecule has 5 rings (SSSR count). The summed E-state index contributed by atoms with van der Waals surface area (Å²) >= 11 is 0. The van der Waals surface area contributed by atoms with Gasteiger partial charge in [0.2, 0.25) is 0 Å². The molecule has 3 fully saturated rings. The minimum absolute atomic E-state index is 0.0182. The third-order valence-corrected chi connectivity index (χ3v) is 8.95. The number of carbonyl (C=O) groups excluding carboxylic acids is 2. The van der Waals surface area contributed by atoms with E-state index in [9.17, 15) is 9.59 Å². The Kier molecular flexibility index (Phi) is 4.66. The smallest absolute Gasteiger partial charge is 0.178 e. The van der Waals surface area contributed by atoms with Gasteiger partial charge in [-0.1, -0.05) is 37.6 Å². The fraction of sp³-hybridized carbons (Fsp3) is 0.500. The number of rotatable bonds is 2. The highest BCUT2D eigenvalue weighted by molar-refractivity contribution is 6.06. The third kappa shape index (κ3) is 3.08. The summed E-state index contributed by atoms with van der Waals surface area (Å²) < 4.78 is 0. The maximum absolute atomic E-state index is 13.6. The van der Waals surface area contributed by atoms with E-state index >= 15 is 0 Å². The zero-order chi connectivity index (χ0) is 22.0. The topological polar surface area (TPSA) is 37.4 Å². The molecule has 0 saturated heterocycles. The molecule has 4 aliphatic carbocycles. The second-order valence-corrected chi connectivity index (χ2v) is 10.7. The number of hydrogen-bond acceptors (Lipinski definition) is 3. The number of ketones is 2. The zero-order valence-electron chi connectivity index (χ0n) is 19.2. The summed E-state index contributed by atoms with van der Waals surface area (Å²) in [5, 5.41) is 0. The van der Waals surface area contributed by atoms with Crippen molar-refractivity contribution >= 4 is 23.3 Å². The SMILES string of the molecule is CN(C)c1ccc(C=C2C[C@H]3[C@@H]4CCC5=CC(=O)C=C[C@]5(C)[C@H]4CC[C@]3(C)C2=O)cc1. The molecule has 0 aromatic heterocycles.